The van der Waals surface area contributed by atoms with E-state index in [2.05, 4.69) is 4.99 Å². The number of hydrogen-bond acceptors (Lipinski definition) is 6. The molecule has 0 fully saturated rings. The molecule has 0 bridgehead atoms. The number of hydrogen-bond donors (Lipinski definition) is 0. The van der Waals surface area contributed by atoms with Crippen LogP contribution in [0, 0.1) is 0 Å². The molecule has 0 amide bonds. The molecule has 0 saturated heterocycles. The van der Waals surface area contributed by atoms with E-state index in [1.165, 1.54) is 0 Å². The standard InChI is InChI=1S/C20H19NO5/c1-4-25-15-7-5-13(6-8-15)9-18-20(22)26-19(21-18)14-10-16(23-2)12-17(11-14)24-3/h5-12H,4H2,1-3H3/b18-9-. The summed E-state index contributed by atoms with van der Waals surface area (Å²) in [6.07, 6.45) is 1.67. The molecule has 1 aliphatic heterocycles. The highest BCUT2D eigenvalue weighted by Gasteiger charge is 2.25. The molecule has 2 aromatic rings. The van der Waals surface area contributed by atoms with E-state index in [9.17, 15) is 4.79 Å². The number of cyclic esters (lactones) is 1. The van der Waals surface area contributed by atoms with Gasteiger partial charge in [-0.2, -0.15) is 0 Å². The maximum Gasteiger partial charge on any atom is 0.363 e. The van der Waals surface area contributed by atoms with Crippen molar-refractivity contribution in [1.82, 2.24) is 0 Å². The van der Waals surface area contributed by atoms with Crippen molar-refractivity contribution in [2.45, 2.75) is 6.92 Å². The van der Waals surface area contributed by atoms with Gasteiger partial charge in [0.25, 0.3) is 0 Å². The third-order valence-electron chi connectivity index (χ3n) is 3.71. The summed E-state index contributed by atoms with van der Waals surface area (Å²) in [6.45, 7) is 2.53. The number of esters is 1. The Morgan fingerprint density at radius 1 is 1.00 bits per heavy atom. The van der Waals surface area contributed by atoms with Crippen molar-refractivity contribution >= 4 is 17.9 Å². The highest BCUT2D eigenvalue weighted by atomic mass is 16.6. The molecule has 0 radical (unpaired) electrons. The zero-order valence-electron chi connectivity index (χ0n) is 14.8. The predicted molar refractivity (Wildman–Crippen MR) is 97.8 cm³/mol. The first-order valence-corrected chi connectivity index (χ1v) is 8.12. The van der Waals surface area contributed by atoms with Crippen LogP contribution < -0.4 is 14.2 Å². The average Bonchev–Trinajstić information content (AvgIpc) is 3.03. The van der Waals surface area contributed by atoms with Crippen LogP contribution in [0.3, 0.4) is 0 Å². The molecule has 0 N–H and O–H groups in total. The number of carbonyl (C=O) groups is 1. The van der Waals surface area contributed by atoms with Crippen LogP contribution in [0.1, 0.15) is 18.1 Å². The normalized spacial score (nSPS) is 14.8. The van der Waals surface area contributed by atoms with Gasteiger partial charge >= 0.3 is 5.97 Å². The fourth-order valence-corrected chi connectivity index (χ4v) is 2.45. The molecule has 0 saturated carbocycles. The monoisotopic (exact) mass is 353 g/mol. The first kappa shape index (κ1) is 17.5. The minimum absolute atomic E-state index is 0.212. The van der Waals surface area contributed by atoms with Crippen LogP contribution in [-0.2, 0) is 9.53 Å². The number of ether oxygens (including phenoxy) is 4. The molecule has 0 aromatic heterocycles. The number of benzene rings is 2. The predicted octanol–water partition coefficient (Wildman–Crippen LogP) is 3.45. The van der Waals surface area contributed by atoms with Crippen LogP contribution in [0.2, 0.25) is 0 Å². The SMILES string of the molecule is CCOc1ccc(/C=C2\N=C(c3cc(OC)cc(OC)c3)OC2=O)cc1. The maximum atomic E-state index is 12.1. The number of nitrogens with zero attached hydrogens (tertiary/aromatic N) is 1. The number of methoxy groups -OCH3 is 2. The number of rotatable bonds is 6. The van der Waals surface area contributed by atoms with Gasteiger partial charge in [0.15, 0.2) is 5.70 Å². The maximum absolute atomic E-state index is 12.1. The quantitative estimate of drug-likeness (QED) is 0.588. The second-order valence-corrected chi connectivity index (χ2v) is 5.44. The van der Waals surface area contributed by atoms with Crippen molar-refractivity contribution in [2.24, 2.45) is 4.99 Å². The van der Waals surface area contributed by atoms with E-state index >= 15 is 0 Å². The Labute approximate surface area is 151 Å². The van der Waals surface area contributed by atoms with Crippen molar-refractivity contribution in [3.63, 3.8) is 0 Å². The fraction of sp³-hybridized carbons (Fsp3) is 0.200. The lowest BCUT2D eigenvalue weighted by atomic mass is 10.2. The Kier molecular flexibility index (Phi) is 5.22. The third-order valence-corrected chi connectivity index (χ3v) is 3.71. The number of aliphatic imine (C=N–C) groups is 1. The van der Waals surface area contributed by atoms with Gasteiger partial charge in [0.1, 0.15) is 17.2 Å². The van der Waals surface area contributed by atoms with E-state index in [0.29, 0.717) is 23.7 Å². The van der Waals surface area contributed by atoms with E-state index in [1.807, 2.05) is 31.2 Å². The summed E-state index contributed by atoms with van der Waals surface area (Å²) in [5.41, 5.74) is 1.66. The van der Waals surface area contributed by atoms with Gasteiger partial charge < -0.3 is 18.9 Å². The van der Waals surface area contributed by atoms with Crippen molar-refractivity contribution in [3.8, 4) is 17.2 Å². The molecule has 1 heterocycles. The molecule has 6 nitrogen and oxygen atoms in total. The molecular weight excluding hydrogens is 334 g/mol. The topological polar surface area (TPSA) is 66.3 Å². The van der Waals surface area contributed by atoms with Gasteiger partial charge in [-0.3, -0.25) is 0 Å². The lowest BCUT2D eigenvalue weighted by Gasteiger charge is -2.07. The summed E-state index contributed by atoms with van der Waals surface area (Å²) in [5, 5.41) is 0. The van der Waals surface area contributed by atoms with E-state index in [-0.39, 0.29) is 11.6 Å². The molecular formula is C20H19NO5. The van der Waals surface area contributed by atoms with Gasteiger partial charge in [-0.25, -0.2) is 9.79 Å². The molecule has 6 heteroatoms. The highest BCUT2D eigenvalue weighted by molar-refractivity contribution is 6.13. The van der Waals surface area contributed by atoms with Gasteiger partial charge in [0, 0.05) is 11.6 Å². The summed E-state index contributed by atoms with van der Waals surface area (Å²) in [5.74, 6) is 1.65. The van der Waals surface area contributed by atoms with E-state index in [0.717, 1.165) is 11.3 Å². The van der Waals surface area contributed by atoms with Gasteiger partial charge in [-0.1, -0.05) is 12.1 Å². The second-order valence-electron chi connectivity index (χ2n) is 5.44. The molecule has 0 atom stereocenters. The molecule has 0 unspecified atom stereocenters. The average molecular weight is 353 g/mol. The Hall–Kier alpha value is -3.28. The highest BCUT2D eigenvalue weighted by Crippen LogP contribution is 2.26. The minimum Gasteiger partial charge on any atom is -0.497 e. The second kappa shape index (κ2) is 7.74. The van der Waals surface area contributed by atoms with Crippen LogP contribution >= 0.6 is 0 Å². The van der Waals surface area contributed by atoms with Crippen molar-refractivity contribution in [3.05, 3.63) is 59.3 Å². The van der Waals surface area contributed by atoms with Crippen LogP contribution in [0.25, 0.3) is 6.08 Å². The van der Waals surface area contributed by atoms with Crippen LogP contribution in [0.5, 0.6) is 17.2 Å². The number of carbonyl (C=O) groups excluding carboxylic acids is 1. The fourth-order valence-electron chi connectivity index (χ4n) is 2.45. The molecule has 0 spiro atoms. The van der Waals surface area contributed by atoms with Crippen LogP contribution in [-0.4, -0.2) is 32.7 Å². The Balaban J connectivity index is 1.89. The zero-order valence-corrected chi connectivity index (χ0v) is 14.8. The van der Waals surface area contributed by atoms with E-state index < -0.39 is 5.97 Å². The summed E-state index contributed by atoms with van der Waals surface area (Å²) in [6, 6.07) is 12.6. The zero-order chi connectivity index (χ0) is 18.5. The smallest absolute Gasteiger partial charge is 0.363 e. The first-order chi connectivity index (χ1) is 12.6. The summed E-state index contributed by atoms with van der Waals surface area (Å²) in [7, 11) is 3.11. The summed E-state index contributed by atoms with van der Waals surface area (Å²) >= 11 is 0. The summed E-state index contributed by atoms with van der Waals surface area (Å²) < 4.78 is 21.2. The van der Waals surface area contributed by atoms with Crippen molar-refractivity contribution < 1.29 is 23.7 Å². The molecule has 0 aliphatic carbocycles. The largest absolute Gasteiger partial charge is 0.497 e. The van der Waals surface area contributed by atoms with Crippen LogP contribution in [0.15, 0.2) is 53.2 Å². The molecule has 3 rings (SSSR count). The first-order valence-electron chi connectivity index (χ1n) is 8.12. The van der Waals surface area contributed by atoms with Crippen molar-refractivity contribution in [1.29, 1.82) is 0 Å². The van der Waals surface area contributed by atoms with Crippen LogP contribution in [0.4, 0.5) is 0 Å². The Bertz CT molecular complexity index is 846. The van der Waals surface area contributed by atoms with Crippen molar-refractivity contribution in [2.75, 3.05) is 20.8 Å². The van der Waals surface area contributed by atoms with E-state index in [4.69, 9.17) is 18.9 Å². The summed E-state index contributed by atoms with van der Waals surface area (Å²) in [4.78, 5) is 16.5. The lowest BCUT2D eigenvalue weighted by Crippen LogP contribution is -2.06. The van der Waals surface area contributed by atoms with Gasteiger partial charge in [-0.15, -0.1) is 0 Å². The van der Waals surface area contributed by atoms with E-state index in [1.54, 1.807) is 38.5 Å². The molecule has 134 valence electrons. The molecule has 26 heavy (non-hydrogen) atoms. The lowest BCUT2D eigenvalue weighted by molar-refractivity contribution is -0.129. The van der Waals surface area contributed by atoms with Gasteiger partial charge in [0.2, 0.25) is 5.90 Å². The third kappa shape index (κ3) is 3.85. The molecule has 1 aliphatic rings. The van der Waals surface area contributed by atoms with Gasteiger partial charge in [0.05, 0.1) is 20.8 Å². The Morgan fingerprint density at radius 2 is 1.65 bits per heavy atom. The molecule has 2 aromatic carbocycles. The minimum atomic E-state index is -0.504. The Morgan fingerprint density at radius 3 is 2.23 bits per heavy atom. The van der Waals surface area contributed by atoms with Gasteiger partial charge in [-0.05, 0) is 42.8 Å².